The molecule has 0 bridgehead atoms. The molecule has 1 heterocycles. The third-order valence-electron chi connectivity index (χ3n) is 2.95. The molecule has 1 fully saturated rings. The monoisotopic (exact) mass is 267 g/mol. The summed E-state index contributed by atoms with van der Waals surface area (Å²) in [6, 6.07) is 2.31. The molecule has 0 spiro atoms. The summed E-state index contributed by atoms with van der Waals surface area (Å²) in [6.45, 7) is 13.2. The Morgan fingerprint density at radius 1 is 1.16 bits per heavy atom. The highest BCUT2D eigenvalue weighted by Crippen LogP contribution is 2.17. The van der Waals surface area contributed by atoms with Crippen molar-refractivity contribution in [1.29, 1.82) is 5.26 Å². The van der Waals surface area contributed by atoms with Crippen molar-refractivity contribution in [2.24, 2.45) is 5.41 Å². The zero-order valence-electron chi connectivity index (χ0n) is 12.7. The van der Waals surface area contributed by atoms with Gasteiger partial charge in [0, 0.05) is 32.7 Å². The Kier molecular flexibility index (Phi) is 4.81. The summed E-state index contributed by atoms with van der Waals surface area (Å²) >= 11 is 0. The Bertz CT molecular complexity index is 358. The molecule has 0 radical (unpaired) electrons. The molecular formula is C14H25N3O2. The first-order valence-corrected chi connectivity index (χ1v) is 6.74. The van der Waals surface area contributed by atoms with Gasteiger partial charge in [-0.15, -0.1) is 0 Å². The van der Waals surface area contributed by atoms with Crippen molar-refractivity contribution in [3.63, 3.8) is 0 Å². The van der Waals surface area contributed by atoms with Gasteiger partial charge in [0.25, 0.3) is 0 Å². The number of ether oxygens (including phenoxy) is 1. The molecule has 1 saturated heterocycles. The van der Waals surface area contributed by atoms with E-state index < -0.39 is 5.60 Å². The first-order chi connectivity index (χ1) is 8.63. The fraction of sp³-hybridized carbons (Fsp3) is 0.857. The quantitative estimate of drug-likeness (QED) is 0.768. The molecule has 1 aliphatic heterocycles. The van der Waals surface area contributed by atoms with E-state index in [1.54, 1.807) is 4.90 Å². The Hall–Kier alpha value is -1.28. The van der Waals surface area contributed by atoms with E-state index in [4.69, 9.17) is 10.00 Å². The summed E-state index contributed by atoms with van der Waals surface area (Å²) in [5.74, 6) is 0. The minimum absolute atomic E-state index is 0.244. The number of nitrogens with zero attached hydrogens (tertiary/aromatic N) is 3. The van der Waals surface area contributed by atoms with Crippen molar-refractivity contribution in [2.45, 2.75) is 40.2 Å². The highest BCUT2D eigenvalue weighted by molar-refractivity contribution is 5.68. The van der Waals surface area contributed by atoms with Crippen molar-refractivity contribution in [1.82, 2.24) is 9.80 Å². The highest BCUT2D eigenvalue weighted by Gasteiger charge is 2.28. The number of carbonyl (C=O) groups is 1. The molecule has 5 heteroatoms. The Morgan fingerprint density at radius 3 is 2.11 bits per heavy atom. The van der Waals surface area contributed by atoms with Gasteiger partial charge >= 0.3 is 6.09 Å². The van der Waals surface area contributed by atoms with Crippen LogP contribution in [0.25, 0.3) is 0 Å². The van der Waals surface area contributed by atoms with Crippen LogP contribution < -0.4 is 0 Å². The average molecular weight is 267 g/mol. The number of hydrogen-bond donors (Lipinski definition) is 0. The van der Waals surface area contributed by atoms with Gasteiger partial charge < -0.3 is 9.64 Å². The van der Waals surface area contributed by atoms with Crippen LogP contribution in [0.4, 0.5) is 4.79 Å². The molecule has 0 N–H and O–H groups in total. The molecule has 108 valence electrons. The molecule has 1 aliphatic rings. The van der Waals surface area contributed by atoms with Crippen LogP contribution in [0.3, 0.4) is 0 Å². The number of nitriles is 1. The lowest BCUT2D eigenvalue weighted by molar-refractivity contribution is 0.0128. The maximum atomic E-state index is 11.9. The van der Waals surface area contributed by atoms with Crippen LogP contribution in [0.15, 0.2) is 0 Å². The normalized spacial score (nSPS) is 18.0. The minimum atomic E-state index is -0.447. The van der Waals surface area contributed by atoms with E-state index in [0.29, 0.717) is 13.1 Å². The lowest BCUT2D eigenvalue weighted by Crippen LogP contribution is -2.51. The van der Waals surface area contributed by atoms with Crippen LogP contribution in [0.2, 0.25) is 0 Å². The second-order valence-corrected chi connectivity index (χ2v) is 6.74. The van der Waals surface area contributed by atoms with Crippen molar-refractivity contribution >= 4 is 6.09 Å². The molecule has 5 nitrogen and oxygen atoms in total. The molecule has 0 saturated carbocycles. The largest absolute Gasteiger partial charge is 0.444 e. The molecule has 1 rings (SSSR count). The van der Waals surface area contributed by atoms with Crippen LogP contribution in [0, 0.1) is 16.7 Å². The Labute approximate surface area is 116 Å². The topological polar surface area (TPSA) is 56.6 Å². The van der Waals surface area contributed by atoms with Gasteiger partial charge in [-0.2, -0.15) is 5.26 Å². The summed E-state index contributed by atoms with van der Waals surface area (Å²) in [6.07, 6.45) is -0.244. The second-order valence-electron chi connectivity index (χ2n) is 6.74. The van der Waals surface area contributed by atoms with Gasteiger partial charge in [0.05, 0.1) is 11.5 Å². The standard InChI is InChI=1S/C14H25N3O2/c1-13(2,3)19-12(18)17-8-6-16(7-9-17)11-14(4,5)10-15/h6-9,11H2,1-5H3. The van der Waals surface area contributed by atoms with Crippen LogP contribution in [-0.2, 0) is 4.74 Å². The van der Waals surface area contributed by atoms with Gasteiger partial charge in [-0.3, -0.25) is 4.90 Å². The van der Waals surface area contributed by atoms with Crippen LogP contribution in [0.1, 0.15) is 34.6 Å². The minimum Gasteiger partial charge on any atom is -0.444 e. The predicted molar refractivity (Wildman–Crippen MR) is 73.6 cm³/mol. The second kappa shape index (κ2) is 5.79. The smallest absolute Gasteiger partial charge is 0.410 e. The lowest BCUT2D eigenvalue weighted by Gasteiger charge is -2.37. The summed E-state index contributed by atoms with van der Waals surface area (Å²) < 4.78 is 5.35. The van der Waals surface area contributed by atoms with E-state index in [-0.39, 0.29) is 11.5 Å². The fourth-order valence-corrected chi connectivity index (χ4v) is 2.01. The van der Waals surface area contributed by atoms with E-state index in [1.807, 2.05) is 34.6 Å². The third kappa shape index (κ3) is 5.48. The molecule has 0 unspecified atom stereocenters. The van der Waals surface area contributed by atoms with Crippen molar-refractivity contribution < 1.29 is 9.53 Å². The molecule has 19 heavy (non-hydrogen) atoms. The summed E-state index contributed by atoms with van der Waals surface area (Å²) in [7, 11) is 0. The van der Waals surface area contributed by atoms with Gasteiger partial charge in [-0.25, -0.2) is 4.79 Å². The number of rotatable bonds is 2. The van der Waals surface area contributed by atoms with Crippen molar-refractivity contribution in [3.05, 3.63) is 0 Å². The summed E-state index contributed by atoms with van der Waals surface area (Å²) in [5.41, 5.74) is -0.787. The maximum Gasteiger partial charge on any atom is 0.410 e. The number of carbonyl (C=O) groups excluding carboxylic acids is 1. The molecular weight excluding hydrogens is 242 g/mol. The Morgan fingerprint density at radius 2 is 1.68 bits per heavy atom. The lowest BCUT2D eigenvalue weighted by atomic mass is 9.95. The van der Waals surface area contributed by atoms with E-state index in [1.165, 1.54) is 0 Å². The molecule has 0 atom stereocenters. The fourth-order valence-electron chi connectivity index (χ4n) is 2.01. The number of amides is 1. The molecule has 1 amide bonds. The van der Waals surface area contributed by atoms with E-state index in [2.05, 4.69) is 11.0 Å². The van der Waals surface area contributed by atoms with Crippen molar-refractivity contribution in [2.75, 3.05) is 32.7 Å². The molecule has 0 aromatic carbocycles. The summed E-state index contributed by atoms with van der Waals surface area (Å²) in [4.78, 5) is 15.9. The third-order valence-corrected chi connectivity index (χ3v) is 2.95. The zero-order valence-corrected chi connectivity index (χ0v) is 12.7. The number of hydrogen-bond acceptors (Lipinski definition) is 4. The van der Waals surface area contributed by atoms with Gasteiger partial charge in [-0.1, -0.05) is 0 Å². The van der Waals surface area contributed by atoms with Crippen LogP contribution in [0.5, 0.6) is 0 Å². The van der Waals surface area contributed by atoms with Crippen LogP contribution in [-0.4, -0.2) is 54.2 Å². The average Bonchev–Trinajstić information content (AvgIpc) is 2.27. The summed E-state index contributed by atoms with van der Waals surface area (Å²) in [5, 5.41) is 9.03. The van der Waals surface area contributed by atoms with E-state index in [0.717, 1.165) is 19.6 Å². The zero-order chi connectivity index (χ0) is 14.7. The van der Waals surface area contributed by atoms with Gasteiger partial charge in [-0.05, 0) is 34.6 Å². The first kappa shape index (κ1) is 15.8. The van der Waals surface area contributed by atoms with E-state index in [9.17, 15) is 4.79 Å². The number of piperazine rings is 1. The van der Waals surface area contributed by atoms with Crippen LogP contribution >= 0.6 is 0 Å². The molecule has 0 aromatic heterocycles. The molecule has 0 aliphatic carbocycles. The predicted octanol–water partition coefficient (Wildman–Crippen LogP) is 2.09. The maximum absolute atomic E-state index is 11.9. The van der Waals surface area contributed by atoms with E-state index >= 15 is 0 Å². The Balaban J connectivity index is 2.41. The molecule has 0 aromatic rings. The highest BCUT2D eigenvalue weighted by atomic mass is 16.6. The first-order valence-electron chi connectivity index (χ1n) is 6.74. The van der Waals surface area contributed by atoms with Gasteiger partial charge in [0.15, 0.2) is 0 Å². The van der Waals surface area contributed by atoms with Crippen molar-refractivity contribution in [3.8, 4) is 6.07 Å². The van der Waals surface area contributed by atoms with Gasteiger partial charge in [0.1, 0.15) is 5.60 Å². The van der Waals surface area contributed by atoms with Gasteiger partial charge in [0.2, 0.25) is 0 Å². The SMILES string of the molecule is CC(C)(C#N)CN1CCN(C(=O)OC(C)(C)C)CC1.